The van der Waals surface area contributed by atoms with Crippen LogP contribution in [-0.2, 0) is 11.8 Å². The van der Waals surface area contributed by atoms with Gasteiger partial charge in [0.1, 0.15) is 0 Å². The number of carbonyl (C=O) groups is 1. The predicted octanol–water partition coefficient (Wildman–Crippen LogP) is 2.43. The minimum absolute atomic E-state index is 0.104. The van der Waals surface area contributed by atoms with Crippen LogP contribution in [0.3, 0.4) is 0 Å². The van der Waals surface area contributed by atoms with Crippen LogP contribution in [0.2, 0.25) is 0 Å². The Bertz CT molecular complexity index is 478. The van der Waals surface area contributed by atoms with Crippen LogP contribution in [0.25, 0.3) is 0 Å². The van der Waals surface area contributed by atoms with E-state index in [1.807, 2.05) is 25.1 Å². The third-order valence-corrected chi connectivity index (χ3v) is 4.30. The average Bonchev–Trinajstić information content (AvgIpc) is 3.12. The van der Waals surface area contributed by atoms with Gasteiger partial charge in [0, 0.05) is 38.9 Å². The average molecular weight is 293 g/mol. The fourth-order valence-electron chi connectivity index (χ4n) is 2.75. The number of aryl methyl sites for hydroxylation is 1. The highest BCUT2D eigenvalue weighted by atomic mass is 16.5. The standard InChI is InChI=1S/C16H27N3O2/c1-5-12(3)9-19(6-2)16(20)14-10-18(4)17-15(14)13-7-8-21-11-13/h10,12-13H,5-9,11H2,1-4H3. The van der Waals surface area contributed by atoms with Crippen LogP contribution < -0.4 is 0 Å². The molecule has 5 heteroatoms. The van der Waals surface area contributed by atoms with Crippen LogP contribution in [0.4, 0.5) is 0 Å². The van der Waals surface area contributed by atoms with Crippen molar-refractivity contribution in [1.29, 1.82) is 0 Å². The number of nitrogens with zero attached hydrogens (tertiary/aromatic N) is 3. The first-order chi connectivity index (χ1) is 10.1. The molecular formula is C16H27N3O2. The van der Waals surface area contributed by atoms with Crippen molar-refractivity contribution in [2.24, 2.45) is 13.0 Å². The summed E-state index contributed by atoms with van der Waals surface area (Å²) in [7, 11) is 1.88. The van der Waals surface area contributed by atoms with Gasteiger partial charge in [-0.25, -0.2) is 0 Å². The lowest BCUT2D eigenvalue weighted by atomic mass is 10.00. The maximum Gasteiger partial charge on any atom is 0.257 e. The van der Waals surface area contributed by atoms with E-state index in [9.17, 15) is 4.79 Å². The highest BCUT2D eigenvalue weighted by Gasteiger charge is 2.28. The van der Waals surface area contributed by atoms with Gasteiger partial charge in [-0.15, -0.1) is 0 Å². The Morgan fingerprint density at radius 2 is 2.33 bits per heavy atom. The number of amides is 1. The third kappa shape index (κ3) is 3.64. The Hall–Kier alpha value is -1.36. The molecule has 0 aliphatic carbocycles. The van der Waals surface area contributed by atoms with Crippen molar-refractivity contribution in [2.45, 2.75) is 39.5 Å². The molecule has 2 rings (SSSR count). The van der Waals surface area contributed by atoms with E-state index in [1.165, 1.54) is 0 Å². The van der Waals surface area contributed by atoms with E-state index in [4.69, 9.17) is 4.74 Å². The number of hydrogen-bond donors (Lipinski definition) is 0. The SMILES string of the molecule is CCC(C)CN(CC)C(=O)c1cn(C)nc1C1CCOC1. The van der Waals surface area contributed by atoms with Crippen molar-refractivity contribution < 1.29 is 9.53 Å². The van der Waals surface area contributed by atoms with Crippen molar-refractivity contribution in [3.05, 3.63) is 17.5 Å². The maximum atomic E-state index is 12.8. The lowest BCUT2D eigenvalue weighted by molar-refractivity contribution is 0.0739. The topological polar surface area (TPSA) is 47.4 Å². The monoisotopic (exact) mass is 293 g/mol. The molecular weight excluding hydrogens is 266 g/mol. The molecule has 5 nitrogen and oxygen atoms in total. The summed E-state index contributed by atoms with van der Waals surface area (Å²) in [6.07, 6.45) is 3.89. The van der Waals surface area contributed by atoms with Gasteiger partial charge in [0.2, 0.25) is 0 Å². The van der Waals surface area contributed by atoms with Gasteiger partial charge >= 0.3 is 0 Å². The number of aromatic nitrogens is 2. The fraction of sp³-hybridized carbons (Fsp3) is 0.750. The van der Waals surface area contributed by atoms with Crippen molar-refractivity contribution in [3.8, 4) is 0 Å². The van der Waals surface area contributed by atoms with E-state index >= 15 is 0 Å². The smallest absolute Gasteiger partial charge is 0.257 e. The second-order valence-electron chi connectivity index (χ2n) is 6.02. The molecule has 0 N–H and O–H groups in total. The molecule has 0 aromatic carbocycles. The number of ether oxygens (including phenoxy) is 1. The van der Waals surface area contributed by atoms with E-state index in [2.05, 4.69) is 18.9 Å². The zero-order valence-corrected chi connectivity index (χ0v) is 13.6. The highest BCUT2D eigenvalue weighted by molar-refractivity contribution is 5.95. The molecule has 1 fully saturated rings. The predicted molar refractivity (Wildman–Crippen MR) is 82.4 cm³/mol. The molecule has 1 aromatic heterocycles. The van der Waals surface area contributed by atoms with Gasteiger partial charge in [-0.2, -0.15) is 5.10 Å². The largest absolute Gasteiger partial charge is 0.381 e. The molecule has 2 heterocycles. The van der Waals surface area contributed by atoms with E-state index in [0.717, 1.165) is 43.8 Å². The van der Waals surface area contributed by atoms with Gasteiger partial charge in [0.15, 0.2) is 0 Å². The normalized spacial score (nSPS) is 19.7. The van der Waals surface area contributed by atoms with Gasteiger partial charge in [-0.1, -0.05) is 20.3 Å². The number of hydrogen-bond acceptors (Lipinski definition) is 3. The van der Waals surface area contributed by atoms with Crippen molar-refractivity contribution in [2.75, 3.05) is 26.3 Å². The summed E-state index contributed by atoms with van der Waals surface area (Å²) in [5.74, 6) is 0.879. The lowest BCUT2D eigenvalue weighted by Gasteiger charge is -2.24. The van der Waals surface area contributed by atoms with Gasteiger partial charge in [-0.05, 0) is 19.3 Å². The second kappa shape index (κ2) is 7.07. The summed E-state index contributed by atoms with van der Waals surface area (Å²) in [6, 6.07) is 0. The van der Waals surface area contributed by atoms with Crippen LogP contribution in [0.15, 0.2) is 6.20 Å². The Balaban J connectivity index is 2.20. The minimum Gasteiger partial charge on any atom is -0.381 e. The van der Waals surface area contributed by atoms with Crippen molar-refractivity contribution in [3.63, 3.8) is 0 Å². The van der Waals surface area contributed by atoms with E-state index < -0.39 is 0 Å². The Labute approximate surface area is 127 Å². The second-order valence-corrected chi connectivity index (χ2v) is 6.02. The Morgan fingerprint density at radius 1 is 1.57 bits per heavy atom. The first-order valence-corrected chi connectivity index (χ1v) is 7.97. The van der Waals surface area contributed by atoms with Gasteiger partial charge < -0.3 is 9.64 Å². The van der Waals surface area contributed by atoms with Crippen LogP contribution in [0, 0.1) is 5.92 Å². The molecule has 1 aliphatic rings. The van der Waals surface area contributed by atoms with E-state index in [1.54, 1.807) is 4.68 Å². The summed E-state index contributed by atoms with van der Waals surface area (Å²) >= 11 is 0. The van der Waals surface area contributed by atoms with Crippen LogP contribution in [0.5, 0.6) is 0 Å². The molecule has 0 radical (unpaired) electrons. The van der Waals surface area contributed by atoms with Crippen LogP contribution in [0.1, 0.15) is 55.6 Å². The minimum atomic E-state index is 0.104. The molecule has 0 bridgehead atoms. The molecule has 1 saturated heterocycles. The highest BCUT2D eigenvalue weighted by Crippen LogP contribution is 2.27. The summed E-state index contributed by atoms with van der Waals surface area (Å²) in [4.78, 5) is 14.8. The first kappa shape index (κ1) is 16.0. The van der Waals surface area contributed by atoms with Crippen molar-refractivity contribution >= 4 is 5.91 Å². The molecule has 1 aromatic rings. The zero-order valence-electron chi connectivity index (χ0n) is 13.6. The first-order valence-electron chi connectivity index (χ1n) is 7.97. The molecule has 0 saturated carbocycles. The quantitative estimate of drug-likeness (QED) is 0.809. The fourth-order valence-corrected chi connectivity index (χ4v) is 2.75. The Kier molecular flexibility index (Phi) is 5.39. The van der Waals surface area contributed by atoms with Gasteiger partial charge in [-0.3, -0.25) is 9.48 Å². The number of rotatable bonds is 6. The summed E-state index contributed by atoms with van der Waals surface area (Å²) in [5.41, 5.74) is 1.65. The lowest BCUT2D eigenvalue weighted by Crippen LogP contribution is -2.35. The molecule has 2 unspecified atom stereocenters. The van der Waals surface area contributed by atoms with Gasteiger partial charge in [0.25, 0.3) is 5.91 Å². The van der Waals surface area contributed by atoms with Crippen LogP contribution >= 0.6 is 0 Å². The van der Waals surface area contributed by atoms with Crippen molar-refractivity contribution in [1.82, 2.24) is 14.7 Å². The van der Waals surface area contributed by atoms with E-state index in [-0.39, 0.29) is 11.8 Å². The Morgan fingerprint density at radius 3 is 2.90 bits per heavy atom. The molecule has 0 spiro atoms. The molecule has 1 aliphatic heterocycles. The molecule has 118 valence electrons. The molecule has 21 heavy (non-hydrogen) atoms. The number of carbonyl (C=O) groups excluding carboxylic acids is 1. The summed E-state index contributed by atoms with van der Waals surface area (Å²) in [6.45, 7) is 9.36. The van der Waals surface area contributed by atoms with Crippen LogP contribution in [-0.4, -0.2) is 46.9 Å². The molecule has 1 amide bonds. The molecule has 2 atom stereocenters. The van der Waals surface area contributed by atoms with E-state index in [0.29, 0.717) is 12.5 Å². The van der Waals surface area contributed by atoms with Gasteiger partial charge in [0.05, 0.1) is 17.9 Å². The third-order valence-electron chi connectivity index (χ3n) is 4.30. The summed E-state index contributed by atoms with van der Waals surface area (Å²) < 4.78 is 7.20. The zero-order chi connectivity index (χ0) is 15.4. The summed E-state index contributed by atoms with van der Waals surface area (Å²) in [5, 5.41) is 4.52. The maximum absolute atomic E-state index is 12.8.